The smallest absolute Gasteiger partial charge is 0.134 e. The van der Waals surface area contributed by atoms with Crippen molar-refractivity contribution in [3.8, 4) is 11.5 Å². The molecule has 0 amide bonds. The fourth-order valence-electron chi connectivity index (χ4n) is 1.79. The van der Waals surface area contributed by atoms with E-state index in [1.165, 1.54) is 12.1 Å². The quantitative estimate of drug-likeness (QED) is 0.813. The lowest BCUT2D eigenvalue weighted by molar-refractivity contribution is 0.294. The van der Waals surface area contributed by atoms with E-state index < -0.39 is 0 Å². The Labute approximate surface area is 136 Å². The fraction of sp³-hybridized carbons (Fsp3) is 0.133. The van der Waals surface area contributed by atoms with Crippen molar-refractivity contribution in [2.45, 2.75) is 6.61 Å². The highest BCUT2D eigenvalue weighted by Gasteiger charge is 2.09. The summed E-state index contributed by atoms with van der Waals surface area (Å²) < 4.78 is 24.5. The van der Waals surface area contributed by atoms with Crippen LogP contribution < -0.4 is 15.2 Å². The minimum atomic E-state index is -0.331. The van der Waals surface area contributed by atoms with Gasteiger partial charge in [0.15, 0.2) is 0 Å². The first-order chi connectivity index (χ1) is 10.0. The third kappa shape index (κ3) is 3.92. The van der Waals surface area contributed by atoms with E-state index in [0.29, 0.717) is 21.0 Å². The Bertz CT molecular complexity index is 679. The van der Waals surface area contributed by atoms with Crippen molar-refractivity contribution >= 4 is 33.1 Å². The molecule has 0 fully saturated rings. The van der Waals surface area contributed by atoms with Crippen LogP contribution in [0, 0.1) is 5.82 Å². The summed E-state index contributed by atoms with van der Waals surface area (Å²) in [4.78, 5) is 0.307. The van der Waals surface area contributed by atoms with Gasteiger partial charge in [-0.2, -0.15) is 0 Å². The number of methoxy groups -OCH3 is 1. The van der Waals surface area contributed by atoms with Crippen molar-refractivity contribution in [2.24, 2.45) is 5.73 Å². The van der Waals surface area contributed by atoms with Crippen LogP contribution >= 0.6 is 28.1 Å². The second-order valence-corrected chi connectivity index (χ2v) is 5.55. The maximum Gasteiger partial charge on any atom is 0.134 e. The zero-order chi connectivity index (χ0) is 15.4. The SMILES string of the molecule is COc1ccc(C(N)=S)cc1COc1ccc(F)cc1Br. The van der Waals surface area contributed by atoms with Crippen LogP contribution in [0.2, 0.25) is 0 Å². The number of hydrogen-bond acceptors (Lipinski definition) is 3. The normalized spacial score (nSPS) is 10.2. The van der Waals surface area contributed by atoms with E-state index in [1.54, 1.807) is 25.3 Å². The molecule has 0 radical (unpaired) electrons. The summed E-state index contributed by atoms with van der Waals surface area (Å²) in [7, 11) is 1.58. The highest BCUT2D eigenvalue weighted by Crippen LogP contribution is 2.28. The van der Waals surface area contributed by atoms with Crippen LogP contribution in [0.25, 0.3) is 0 Å². The first-order valence-corrected chi connectivity index (χ1v) is 7.26. The summed E-state index contributed by atoms with van der Waals surface area (Å²) >= 11 is 8.22. The number of thiocarbonyl (C=S) groups is 1. The highest BCUT2D eigenvalue weighted by molar-refractivity contribution is 9.10. The molecule has 21 heavy (non-hydrogen) atoms. The number of benzene rings is 2. The zero-order valence-corrected chi connectivity index (χ0v) is 13.6. The van der Waals surface area contributed by atoms with Crippen LogP contribution in [0.3, 0.4) is 0 Å². The monoisotopic (exact) mass is 369 g/mol. The molecule has 0 saturated heterocycles. The summed E-state index contributed by atoms with van der Waals surface area (Å²) in [6.45, 7) is 0.254. The Morgan fingerprint density at radius 1 is 1.24 bits per heavy atom. The van der Waals surface area contributed by atoms with Crippen LogP contribution in [-0.2, 0) is 6.61 Å². The van der Waals surface area contributed by atoms with Crippen molar-refractivity contribution in [1.82, 2.24) is 0 Å². The summed E-state index contributed by atoms with van der Waals surface area (Å²) in [6.07, 6.45) is 0. The Morgan fingerprint density at radius 3 is 2.57 bits per heavy atom. The Balaban J connectivity index is 2.22. The van der Waals surface area contributed by atoms with E-state index in [-0.39, 0.29) is 12.4 Å². The maximum atomic E-state index is 13.0. The van der Waals surface area contributed by atoms with E-state index in [2.05, 4.69) is 15.9 Å². The third-order valence-corrected chi connectivity index (χ3v) is 3.70. The summed E-state index contributed by atoms with van der Waals surface area (Å²) in [5.41, 5.74) is 7.17. The van der Waals surface area contributed by atoms with Crippen LogP contribution in [0.15, 0.2) is 40.9 Å². The van der Waals surface area contributed by atoms with Gasteiger partial charge in [0.1, 0.15) is 28.9 Å². The summed E-state index contributed by atoms with van der Waals surface area (Å²) in [5.74, 6) is 0.884. The molecule has 2 rings (SSSR count). The Morgan fingerprint density at radius 2 is 1.95 bits per heavy atom. The van der Waals surface area contributed by atoms with Crippen molar-refractivity contribution in [3.63, 3.8) is 0 Å². The number of hydrogen-bond donors (Lipinski definition) is 1. The summed E-state index contributed by atoms with van der Waals surface area (Å²) in [5, 5.41) is 0. The predicted molar refractivity (Wildman–Crippen MR) is 87.3 cm³/mol. The van der Waals surface area contributed by atoms with Gasteiger partial charge in [0.25, 0.3) is 0 Å². The van der Waals surface area contributed by atoms with Crippen LogP contribution in [0.1, 0.15) is 11.1 Å². The number of nitrogens with two attached hydrogens (primary N) is 1. The largest absolute Gasteiger partial charge is 0.496 e. The van der Waals surface area contributed by atoms with Gasteiger partial charge in [0.05, 0.1) is 11.6 Å². The second-order valence-electron chi connectivity index (χ2n) is 4.25. The molecule has 2 aromatic carbocycles. The van der Waals surface area contributed by atoms with E-state index in [1.807, 2.05) is 6.07 Å². The minimum absolute atomic E-state index is 0.254. The Kier molecular flexibility index (Phi) is 5.14. The lowest BCUT2D eigenvalue weighted by Gasteiger charge is -2.12. The molecule has 6 heteroatoms. The van der Waals surface area contributed by atoms with E-state index in [9.17, 15) is 4.39 Å². The zero-order valence-electron chi connectivity index (χ0n) is 11.2. The van der Waals surface area contributed by atoms with Crippen molar-refractivity contribution in [3.05, 3.63) is 57.8 Å². The van der Waals surface area contributed by atoms with Crippen LogP contribution in [-0.4, -0.2) is 12.1 Å². The number of halogens is 2. The van der Waals surface area contributed by atoms with Gasteiger partial charge >= 0.3 is 0 Å². The van der Waals surface area contributed by atoms with Gasteiger partial charge in [0, 0.05) is 11.1 Å². The molecule has 2 N–H and O–H groups in total. The molecule has 3 nitrogen and oxygen atoms in total. The molecule has 0 spiro atoms. The molecular weight excluding hydrogens is 357 g/mol. The van der Waals surface area contributed by atoms with Gasteiger partial charge in [-0.25, -0.2) is 4.39 Å². The van der Waals surface area contributed by atoms with Crippen molar-refractivity contribution in [2.75, 3.05) is 7.11 Å². The van der Waals surface area contributed by atoms with Crippen molar-refractivity contribution < 1.29 is 13.9 Å². The molecule has 0 aliphatic rings. The van der Waals surface area contributed by atoms with Crippen LogP contribution in [0.4, 0.5) is 4.39 Å². The van der Waals surface area contributed by atoms with E-state index in [4.69, 9.17) is 27.4 Å². The molecule has 0 atom stereocenters. The standard InChI is InChI=1S/C15H13BrFNO2S/c1-19-13-4-2-9(15(18)21)6-10(13)8-20-14-5-3-11(17)7-12(14)16/h2-7H,8H2,1H3,(H2,18,21). The lowest BCUT2D eigenvalue weighted by atomic mass is 10.1. The molecule has 0 aromatic heterocycles. The molecule has 110 valence electrons. The molecule has 0 saturated carbocycles. The average molecular weight is 370 g/mol. The maximum absolute atomic E-state index is 13.0. The van der Waals surface area contributed by atoms with Gasteiger partial charge in [-0.15, -0.1) is 0 Å². The molecule has 0 aliphatic carbocycles. The van der Waals surface area contributed by atoms with E-state index in [0.717, 1.165) is 11.1 Å². The number of rotatable bonds is 5. The first-order valence-electron chi connectivity index (χ1n) is 6.06. The predicted octanol–water partition coefficient (Wildman–Crippen LogP) is 3.81. The molecule has 0 heterocycles. The molecule has 0 unspecified atom stereocenters. The fourth-order valence-corrected chi connectivity index (χ4v) is 2.38. The average Bonchev–Trinajstić information content (AvgIpc) is 2.46. The molecular formula is C15H13BrFNO2S. The van der Waals surface area contributed by atoms with Gasteiger partial charge in [-0.3, -0.25) is 0 Å². The van der Waals surface area contributed by atoms with E-state index >= 15 is 0 Å². The number of ether oxygens (including phenoxy) is 2. The second kappa shape index (κ2) is 6.87. The molecule has 2 aromatic rings. The molecule has 0 bridgehead atoms. The lowest BCUT2D eigenvalue weighted by Crippen LogP contribution is -2.10. The van der Waals surface area contributed by atoms with Crippen LogP contribution in [0.5, 0.6) is 11.5 Å². The third-order valence-electron chi connectivity index (χ3n) is 2.84. The van der Waals surface area contributed by atoms with Gasteiger partial charge < -0.3 is 15.2 Å². The first kappa shape index (κ1) is 15.7. The summed E-state index contributed by atoms with van der Waals surface area (Å²) in [6, 6.07) is 9.63. The van der Waals surface area contributed by atoms with Gasteiger partial charge in [-0.1, -0.05) is 12.2 Å². The highest BCUT2D eigenvalue weighted by atomic mass is 79.9. The molecule has 0 aliphatic heterocycles. The van der Waals surface area contributed by atoms with Gasteiger partial charge in [-0.05, 0) is 52.3 Å². The van der Waals surface area contributed by atoms with Crippen molar-refractivity contribution in [1.29, 1.82) is 0 Å². The minimum Gasteiger partial charge on any atom is -0.496 e. The topological polar surface area (TPSA) is 44.5 Å². The Hall–Kier alpha value is -1.66. The van der Waals surface area contributed by atoms with Gasteiger partial charge in [0.2, 0.25) is 0 Å².